The lowest BCUT2D eigenvalue weighted by atomic mass is 9.89. The van der Waals surface area contributed by atoms with Gasteiger partial charge in [-0.05, 0) is 117 Å². The maximum atomic E-state index is 10.2. The number of aliphatic hydroxyl groups excluding tert-OH is 1. The largest absolute Gasteiger partial charge is 0.393 e. The van der Waals surface area contributed by atoms with E-state index in [1.54, 1.807) is 5.30 Å². The third-order valence-electron chi connectivity index (χ3n) is 6.71. The van der Waals surface area contributed by atoms with Gasteiger partial charge < -0.3 is 5.11 Å². The normalized spacial score (nSPS) is 18.9. The van der Waals surface area contributed by atoms with E-state index in [0.29, 0.717) is 0 Å². The molecule has 3 aromatic rings. The van der Waals surface area contributed by atoms with Crippen LogP contribution >= 0.6 is 7.92 Å². The Morgan fingerprint density at radius 1 is 0.677 bits per heavy atom. The molecule has 1 N–H and O–H groups in total. The summed E-state index contributed by atoms with van der Waals surface area (Å²) >= 11 is 0. The van der Waals surface area contributed by atoms with Crippen LogP contribution in [0.4, 0.5) is 0 Å². The Kier molecular flexibility index (Phi) is 6.38. The molecule has 162 valence electrons. The van der Waals surface area contributed by atoms with Crippen LogP contribution in [0.15, 0.2) is 42.5 Å². The predicted molar refractivity (Wildman–Crippen MR) is 137 cm³/mol. The molecule has 0 bridgehead atoms. The lowest BCUT2D eigenvalue weighted by Gasteiger charge is -2.31. The summed E-state index contributed by atoms with van der Waals surface area (Å²) in [5.41, 5.74) is 13.7. The van der Waals surface area contributed by atoms with E-state index >= 15 is 0 Å². The highest BCUT2D eigenvalue weighted by atomic mass is 31.1. The van der Waals surface area contributed by atoms with E-state index in [9.17, 15) is 5.11 Å². The van der Waals surface area contributed by atoms with Crippen LogP contribution in [0.3, 0.4) is 0 Å². The minimum Gasteiger partial charge on any atom is -0.393 e. The monoisotopic (exact) mass is 430 g/mol. The number of benzene rings is 3. The van der Waals surface area contributed by atoms with Gasteiger partial charge in [0, 0.05) is 0 Å². The van der Waals surface area contributed by atoms with Crippen LogP contribution in [0.25, 0.3) is 22.3 Å². The van der Waals surface area contributed by atoms with Crippen LogP contribution in [0.2, 0.25) is 0 Å². The Bertz CT molecular complexity index is 998. The summed E-state index contributed by atoms with van der Waals surface area (Å²) in [4.78, 5) is 0. The molecule has 1 saturated heterocycles. The van der Waals surface area contributed by atoms with E-state index in [0.717, 1.165) is 25.2 Å². The zero-order valence-electron chi connectivity index (χ0n) is 19.8. The summed E-state index contributed by atoms with van der Waals surface area (Å²) in [7, 11) is -0.307. The molecular weight excluding hydrogens is 395 g/mol. The lowest BCUT2D eigenvalue weighted by Crippen LogP contribution is -2.23. The molecule has 31 heavy (non-hydrogen) atoms. The van der Waals surface area contributed by atoms with Crippen molar-refractivity contribution in [2.45, 2.75) is 60.5 Å². The Morgan fingerprint density at radius 2 is 1.06 bits per heavy atom. The van der Waals surface area contributed by atoms with Gasteiger partial charge in [0.05, 0.1) is 6.10 Å². The molecule has 1 nitrogen and oxygen atoms in total. The number of hydrogen-bond donors (Lipinski definition) is 1. The maximum Gasteiger partial charge on any atom is 0.0547 e. The first-order chi connectivity index (χ1) is 14.8. The molecule has 0 unspecified atom stereocenters. The van der Waals surface area contributed by atoms with Gasteiger partial charge in [-0.3, -0.25) is 0 Å². The Balaban J connectivity index is 2.01. The summed E-state index contributed by atoms with van der Waals surface area (Å²) < 4.78 is 0. The van der Waals surface area contributed by atoms with Crippen molar-refractivity contribution in [1.29, 1.82) is 0 Å². The minimum absolute atomic E-state index is 0.125. The summed E-state index contributed by atoms with van der Waals surface area (Å²) in [5.74, 6) is 0. The van der Waals surface area contributed by atoms with Gasteiger partial charge in [-0.25, -0.2) is 0 Å². The Hall–Kier alpha value is -1.95. The average Bonchev–Trinajstić information content (AvgIpc) is 2.67. The second-order valence-corrected chi connectivity index (χ2v) is 11.9. The first-order valence-corrected chi connectivity index (χ1v) is 13.2. The fraction of sp³-hybridized carbons (Fsp3) is 0.379. The van der Waals surface area contributed by atoms with Gasteiger partial charge in [0.15, 0.2) is 0 Å². The second-order valence-electron chi connectivity index (χ2n) is 9.47. The average molecular weight is 431 g/mol. The highest BCUT2D eigenvalue weighted by molar-refractivity contribution is 7.66. The molecule has 0 atom stereocenters. The molecule has 0 aliphatic carbocycles. The van der Waals surface area contributed by atoms with E-state index < -0.39 is 0 Å². The molecule has 1 fully saturated rings. The third kappa shape index (κ3) is 4.36. The lowest BCUT2D eigenvalue weighted by molar-refractivity contribution is 0.165. The molecule has 0 radical (unpaired) electrons. The van der Waals surface area contributed by atoms with Gasteiger partial charge in [-0.15, -0.1) is 0 Å². The number of aryl methyl sites for hydroxylation is 6. The molecule has 3 aromatic carbocycles. The van der Waals surface area contributed by atoms with Crippen LogP contribution < -0.4 is 5.30 Å². The summed E-state index contributed by atoms with van der Waals surface area (Å²) in [5, 5.41) is 11.7. The van der Waals surface area contributed by atoms with E-state index in [4.69, 9.17) is 0 Å². The number of rotatable bonds is 3. The van der Waals surface area contributed by atoms with Crippen molar-refractivity contribution in [2.75, 3.05) is 12.3 Å². The highest BCUT2D eigenvalue weighted by Crippen LogP contribution is 2.48. The molecule has 0 saturated carbocycles. The molecule has 0 spiro atoms. The van der Waals surface area contributed by atoms with E-state index in [-0.39, 0.29) is 14.0 Å². The van der Waals surface area contributed by atoms with Crippen molar-refractivity contribution in [3.05, 3.63) is 75.8 Å². The molecule has 0 aromatic heterocycles. The summed E-state index contributed by atoms with van der Waals surface area (Å²) in [6.45, 7) is 13.4. The number of hydrogen-bond acceptors (Lipinski definition) is 1. The van der Waals surface area contributed by atoms with Crippen molar-refractivity contribution in [3.8, 4) is 22.3 Å². The molecular formula is C29H35OP. The van der Waals surface area contributed by atoms with Gasteiger partial charge in [0.25, 0.3) is 0 Å². The third-order valence-corrected chi connectivity index (χ3v) is 9.42. The van der Waals surface area contributed by atoms with Crippen LogP contribution in [0.1, 0.15) is 46.2 Å². The Labute approximate surface area is 189 Å². The van der Waals surface area contributed by atoms with Gasteiger partial charge in [-0.2, -0.15) is 0 Å². The fourth-order valence-electron chi connectivity index (χ4n) is 5.59. The highest BCUT2D eigenvalue weighted by Gasteiger charge is 2.27. The summed E-state index contributed by atoms with van der Waals surface area (Å²) in [6, 6.07) is 16.2. The zero-order chi connectivity index (χ0) is 22.3. The quantitative estimate of drug-likeness (QED) is 0.438. The second kappa shape index (κ2) is 8.89. The first-order valence-electron chi connectivity index (χ1n) is 11.5. The van der Waals surface area contributed by atoms with E-state index in [1.165, 1.54) is 55.6 Å². The van der Waals surface area contributed by atoms with Crippen LogP contribution in [-0.4, -0.2) is 23.5 Å². The van der Waals surface area contributed by atoms with Crippen molar-refractivity contribution in [1.82, 2.24) is 0 Å². The molecule has 4 rings (SSSR count). The van der Waals surface area contributed by atoms with Gasteiger partial charge >= 0.3 is 0 Å². The molecule has 2 heteroatoms. The molecule has 1 heterocycles. The maximum absolute atomic E-state index is 10.2. The zero-order valence-corrected chi connectivity index (χ0v) is 20.7. The standard InChI is InChI=1S/C29H35OP/c1-18-14-20(3)27(21(4)15-18)25-8-7-9-26(28-22(5)16-19(2)17-23(28)6)29(25)31-12-10-24(30)11-13-31/h7-9,14-17,24,30H,10-13H2,1-6H3. The minimum atomic E-state index is -0.307. The first kappa shape index (κ1) is 22.3. The van der Waals surface area contributed by atoms with Gasteiger partial charge in [0.1, 0.15) is 0 Å². The van der Waals surface area contributed by atoms with Gasteiger partial charge in [-0.1, -0.05) is 61.5 Å². The van der Waals surface area contributed by atoms with Crippen molar-refractivity contribution < 1.29 is 5.11 Å². The molecule has 1 aliphatic heterocycles. The van der Waals surface area contributed by atoms with Crippen LogP contribution in [-0.2, 0) is 0 Å². The topological polar surface area (TPSA) is 20.2 Å². The van der Waals surface area contributed by atoms with Crippen molar-refractivity contribution in [3.63, 3.8) is 0 Å². The predicted octanol–water partition coefficient (Wildman–Crippen LogP) is 7.13. The summed E-state index contributed by atoms with van der Waals surface area (Å²) in [6.07, 6.45) is 3.97. The van der Waals surface area contributed by atoms with Crippen molar-refractivity contribution in [2.24, 2.45) is 0 Å². The Morgan fingerprint density at radius 3 is 1.45 bits per heavy atom. The fourth-order valence-corrected chi connectivity index (χ4v) is 8.53. The van der Waals surface area contributed by atoms with E-state index in [1.807, 2.05) is 0 Å². The van der Waals surface area contributed by atoms with Crippen molar-refractivity contribution >= 4 is 13.2 Å². The van der Waals surface area contributed by atoms with Crippen LogP contribution in [0, 0.1) is 41.5 Å². The molecule has 1 aliphatic rings. The number of aliphatic hydroxyl groups is 1. The SMILES string of the molecule is Cc1cc(C)c(-c2cccc(-c3c(C)cc(C)cc3C)c2P2CCC(O)CC2)c(C)c1. The molecule has 0 amide bonds. The van der Waals surface area contributed by atoms with Crippen LogP contribution in [0.5, 0.6) is 0 Å². The van der Waals surface area contributed by atoms with Gasteiger partial charge in [0.2, 0.25) is 0 Å². The smallest absolute Gasteiger partial charge is 0.0547 e. The van der Waals surface area contributed by atoms with E-state index in [2.05, 4.69) is 84.0 Å².